The molecule has 258 valence electrons. The molecule has 0 saturated heterocycles. The second-order valence-electron chi connectivity index (χ2n) is 14.5. The molecule has 0 amide bonds. The summed E-state index contributed by atoms with van der Waals surface area (Å²) >= 11 is 7.81. The lowest BCUT2D eigenvalue weighted by atomic mass is 9.97. The van der Waals surface area contributed by atoms with Crippen LogP contribution in [0.3, 0.4) is 0 Å². The monoisotopic (exact) mass is 697 g/mol. The lowest BCUT2D eigenvalue weighted by Gasteiger charge is -2.19. The van der Waals surface area contributed by atoms with Crippen molar-refractivity contribution < 1.29 is 4.74 Å². The number of nitrogens with one attached hydrogen (secondary N) is 2. The molecule has 6 rings (SSSR count). The number of nitrogens with zero attached hydrogens (tertiary/aromatic N) is 1. The van der Waals surface area contributed by atoms with Gasteiger partial charge in [0.15, 0.2) is 0 Å². The fourth-order valence-electron chi connectivity index (χ4n) is 6.36. The summed E-state index contributed by atoms with van der Waals surface area (Å²) in [6, 6.07) is 13.8. The lowest BCUT2D eigenvalue weighted by molar-refractivity contribution is 0.461. The summed E-state index contributed by atoms with van der Waals surface area (Å²) in [5.74, 6) is 3.10. The molecule has 2 saturated carbocycles. The first-order valence-electron chi connectivity index (χ1n) is 17.4. The van der Waals surface area contributed by atoms with E-state index in [0.717, 1.165) is 67.9 Å². The van der Waals surface area contributed by atoms with Gasteiger partial charge < -0.3 is 14.7 Å². The van der Waals surface area contributed by atoms with Gasteiger partial charge in [0.1, 0.15) is 11.5 Å². The van der Waals surface area contributed by atoms with Gasteiger partial charge in [0.25, 0.3) is 11.1 Å². The summed E-state index contributed by atoms with van der Waals surface area (Å²) in [5.41, 5.74) is 8.60. The van der Waals surface area contributed by atoms with Crippen molar-refractivity contribution >= 4 is 23.4 Å². The maximum Gasteiger partial charge on any atom is 0.255 e. The summed E-state index contributed by atoms with van der Waals surface area (Å²) in [7, 11) is 0. The van der Waals surface area contributed by atoms with E-state index in [-0.39, 0.29) is 23.0 Å². The topological polar surface area (TPSA) is 98.7 Å². The van der Waals surface area contributed by atoms with Crippen LogP contribution in [0.25, 0.3) is 0 Å². The van der Waals surface area contributed by atoms with Gasteiger partial charge in [-0.05, 0) is 143 Å². The molecule has 2 fully saturated rings. The Morgan fingerprint density at radius 1 is 0.796 bits per heavy atom. The Bertz CT molecular complexity index is 1990. The maximum atomic E-state index is 12.6. The lowest BCUT2D eigenvalue weighted by Crippen LogP contribution is -2.19. The van der Waals surface area contributed by atoms with Crippen molar-refractivity contribution in [3.63, 3.8) is 0 Å². The summed E-state index contributed by atoms with van der Waals surface area (Å²) in [6.45, 7) is 16.1. The van der Waals surface area contributed by atoms with E-state index in [2.05, 4.69) is 36.0 Å². The number of benzene rings is 2. The van der Waals surface area contributed by atoms with Crippen LogP contribution < -0.4 is 15.9 Å². The normalized spacial score (nSPS) is 14.1. The van der Waals surface area contributed by atoms with Gasteiger partial charge >= 0.3 is 0 Å². The molecule has 2 heterocycles. The molecule has 2 aromatic heterocycles. The molecule has 2 aliphatic carbocycles. The van der Waals surface area contributed by atoms with E-state index in [9.17, 15) is 14.9 Å². The number of hydrogen-bond donors (Lipinski definition) is 2. The fourth-order valence-corrected chi connectivity index (χ4v) is 8.11. The molecule has 2 N–H and O–H groups in total. The van der Waals surface area contributed by atoms with Crippen molar-refractivity contribution in [2.45, 2.75) is 116 Å². The summed E-state index contributed by atoms with van der Waals surface area (Å²) in [6.07, 6.45) is 7.06. The van der Waals surface area contributed by atoms with Gasteiger partial charge in [0.2, 0.25) is 0 Å². The van der Waals surface area contributed by atoms with Crippen LogP contribution in [0.2, 0.25) is 5.02 Å². The SMILES string of the molecule is Cc1cc(C#N)cc(Sc2c(CC3CC3)c(C)[nH]c(=O)c2C(C)C)c1.Cc1cc(Cl)cc(Oc2c(CC3CC3)c(C)[nH]c(=O)c2C(C)C)c1. The number of aryl methyl sites for hydroxylation is 4. The zero-order valence-corrected chi connectivity index (χ0v) is 31.5. The molecular formula is C41H48ClN3O3S. The Balaban J connectivity index is 0.000000191. The van der Waals surface area contributed by atoms with Crippen molar-refractivity contribution in [2.24, 2.45) is 11.8 Å². The predicted octanol–water partition coefficient (Wildman–Crippen LogP) is 10.6. The highest BCUT2D eigenvalue weighted by atomic mass is 35.5. The van der Waals surface area contributed by atoms with Crippen LogP contribution in [0.5, 0.6) is 11.5 Å². The molecule has 0 atom stereocenters. The van der Waals surface area contributed by atoms with Crippen LogP contribution in [-0.4, -0.2) is 9.97 Å². The number of aromatic amines is 2. The largest absolute Gasteiger partial charge is 0.456 e. The maximum absolute atomic E-state index is 12.6. The first kappa shape index (κ1) is 36.5. The van der Waals surface area contributed by atoms with Crippen molar-refractivity contribution in [3.8, 4) is 17.6 Å². The van der Waals surface area contributed by atoms with E-state index in [1.807, 2.05) is 65.8 Å². The van der Waals surface area contributed by atoms with Gasteiger partial charge in [-0.15, -0.1) is 0 Å². The van der Waals surface area contributed by atoms with Crippen LogP contribution in [0.15, 0.2) is 55.8 Å². The zero-order chi connectivity index (χ0) is 35.6. The Morgan fingerprint density at radius 3 is 1.90 bits per heavy atom. The number of ether oxygens (including phenoxy) is 1. The minimum absolute atomic E-state index is 0.0164. The minimum Gasteiger partial charge on any atom is -0.456 e. The van der Waals surface area contributed by atoms with Gasteiger partial charge in [-0.3, -0.25) is 9.59 Å². The molecule has 49 heavy (non-hydrogen) atoms. The van der Waals surface area contributed by atoms with Crippen LogP contribution in [0, 0.1) is 50.9 Å². The van der Waals surface area contributed by atoms with Gasteiger partial charge in [0, 0.05) is 37.3 Å². The average Bonchev–Trinajstić information content (AvgIpc) is 3.93. The second kappa shape index (κ2) is 15.4. The Kier molecular flexibility index (Phi) is 11.5. The third-order valence-corrected chi connectivity index (χ3v) is 10.6. The molecule has 0 spiro atoms. The van der Waals surface area contributed by atoms with E-state index in [1.165, 1.54) is 31.2 Å². The summed E-state index contributed by atoms with van der Waals surface area (Å²) < 4.78 is 6.25. The quantitative estimate of drug-likeness (QED) is 0.172. The number of halogens is 1. The number of hydrogen-bond acceptors (Lipinski definition) is 5. The van der Waals surface area contributed by atoms with Crippen molar-refractivity contribution in [1.82, 2.24) is 9.97 Å². The molecule has 0 unspecified atom stereocenters. The smallest absolute Gasteiger partial charge is 0.255 e. The molecule has 0 aliphatic heterocycles. The number of pyridine rings is 2. The third kappa shape index (κ3) is 9.29. The van der Waals surface area contributed by atoms with Gasteiger partial charge in [-0.25, -0.2) is 0 Å². The summed E-state index contributed by atoms with van der Waals surface area (Å²) in [5, 5.41) is 9.89. The Hall–Kier alpha value is -3.73. The first-order valence-corrected chi connectivity index (χ1v) is 18.6. The predicted molar refractivity (Wildman–Crippen MR) is 201 cm³/mol. The van der Waals surface area contributed by atoms with E-state index in [4.69, 9.17) is 16.3 Å². The van der Waals surface area contributed by atoms with Gasteiger partial charge in [-0.1, -0.05) is 51.1 Å². The highest BCUT2D eigenvalue weighted by molar-refractivity contribution is 7.99. The highest BCUT2D eigenvalue weighted by Gasteiger charge is 2.28. The van der Waals surface area contributed by atoms with Crippen molar-refractivity contribution in [2.75, 3.05) is 0 Å². The Morgan fingerprint density at radius 2 is 1.35 bits per heavy atom. The van der Waals surface area contributed by atoms with Crippen LogP contribution >= 0.6 is 23.4 Å². The molecule has 2 aliphatic rings. The van der Waals surface area contributed by atoms with E-state index in [0.29, 0.717) is 27.8 Å². The number of H-pyrrole nitrogens is 2. The second-order valence-corrected chi connectivity index (χ2v) is 16.0. The Labute approximate surface area is 299 Å². The average molecular weight is 698 g/mol. The van der Waals surface area contributed by atoms with Gasteiger partial charge in [-0.2, -0.15) is 5.26 Å². The molecule has 0 bridgehead atoms. The van der Waals surface area contributed by atoms with Crippen LogP contribution in [0.1, 0.15) is 116 Å². The van der Waals surface area contributed by atoms with Crippen LogP contribution in [-0.2, 0) is 12.8 Å². The minimum atomic E-state index is -0.0594. The first-order chi connectivity index (χ1) is 23.2. The number of rotatable bonds is 10. The fraction of sp³-hybridized carbons (Fsp3) is 0.439. The third-order valence-electron chi connectivity index (χ3n) is 9.20. The van der Waals surface area contributed by atoms with E-state index < -0.39 is 0 Å². The molecular weight excluding hydrogens is 650 g/mol. The molecule has 0 radical (unpaired) electrons. The van der Waals surface area contributed by atoms with E-state index in [1.54, 1.807) is 17.8 Å². The van der Waals surface area contributed by atoms with Crippen LogP contribution in [0.4, 0.5) is 0 Å². The molecule has 6 nitrogen and oxygen atoms in total. The van der Waals surface area contributed by atoms with E-state index >= 15 is 0 Å². The standard InChI is InChI=1S/C21H24N2OS.C20H24ClNO2/c1-12(2)19-20(25-17-8-13(3)7-16(9-17)11-22)18(10-15-5-6-15)14(4)23-21(19)24;1-11(2)18-19(24-16-8-12(3)7-15(21)10-16)17(9-14-5-6-14)13(4)22-20(18)23/h7-9,12,15H,5-6,10H2,1-4H3,(H,23,24);7-8,10-11,14H,5-6,9H2,1-4H3,(H,22,23). The molecule has 8 heteroatoms. The highest BCUT2D eigenvalue weighted by Crippen LogP contribution is 2.42. The number of aromatic nitrogens is 2. The zero-order valence-electron chi connectivity index (χ0n) is 30.0. The van der Waals surface area contributed by atoms with Crippen molar-refractivity contribution in [1.29, 1.82) is 5.26 Å². The molecule has 4 aromatic rings. The van der Waals surface area contributed by atoms with Gasteiger partial charge in [0.05, 0.1) is 17.2 Å². The van der Waals surface area contributed by atoms with Crippen molar-refractivity contribution in [3.05, 3.63) is 112 Å². The summed E-state index contributed by atoms with van der Waals surface area (Å²) in [4.78, 5) is 33.3. The molecule has 2 aromatic carbocycles. The number of nitriles is 1.